The van der Waals surface area contributed by atoms with Crippen LogP contribution in [0.25, 0.3) is 10.3 Å². The summed E-state index contributed by atoms with van der Waals surface area (Å²) < 4.78 is 1.10. The minimum atomic E-state index is 0.809. The van der Waals surface area contributed by atoms with Gasteiger partial charge in [-0.15, -0.1) is 11.3 Å². The van der Waals surface area contributed by atoms with Gasteiger partial charge in [0, 0.05) is 26.2 Å². The summed E-state index contributed by atoms with van der Waals surface area (Å²) >= 11 is 1.61. The average molecular weight is 221 g/mol. The van der Waals surface area contributed by atoms with Gasteiger partial charge < -0.3 is 10.2 Å². The molecule has 3 heterocycles. The summed E-state index contributed by atoms with van der Waals surface area (Å²) in [7, 11) is 0. The quantitative estimate of drug-likeness (QED) is 0.760. The number of fused-ring (bicyclic) bond motifs is 1. The third-order valence-corrected chi connectivity index (χ3v) is 3.34. The number of thiazole rings is 1. The Labute approximate surface area is 91.2 Å². The molecule has 6 heteroatoms. The lowest BCUT2D eigenvalue weighted by Crippen LogP contribution is -2.43. The highest BCUT2D eigenvalue weighted by Gasteiger charge is 2.15. The molecule has 2 aromatic heterocycles. The van der Waals surface area contributed by atoms with Crippen LogP contribution < -0.4 is 10.2 Å². The number of hydrogen-bond acceptors (Lipinski definition) is 6. The highest BCUT2D eigenvalue weighted by Crippen LogP contribution is 2.25. The zero-order valence-electron chi connectivity index (χ0n) is 8.18. The zero-order valence-corrected chi connectivity index (χ0v) is 9.00. The molecule has 0 aromatic carbocycles. The molecule has 0 amide bonds. The zero-order chi connectivity index (χ0) is 10.1. The molecule has 0 aliphatic carbocycles. The van der Waals surface area contributed by atoms with E-state index in [-0.39, 0.29) is 0 Å². The predicted octanol–water partition coefficient (Wildman–Crippen LogP) is 0.496. The van der Waals surface area contributed by atoms with Gasteiger partial charge in [-0.1, -0.05) is 0 Å². The van der Waals surface area contributed by atoms with Crippen LogP contribution in [0, 0.1) is 0 Å². The van der Waals surface area contributed by atoms with E-state index in [1.165, 1.54) is 0 Å². The van der Waals surface area contributed by atoms with E-state index in [9.17, 15) is 0 Å². The van der Waals surface area contributed by atoms with Crippen molar-refractivity contribution in [2.45, 2.75) is 0 Å². The number of anilines is 1. The Kier molecular flexibility index (Phi) is 2.22. The molecule has 5 nitrogen and oxygen atoms in total. The van der Waals surface area contributed by atoms with Gasteiger partial charge in [0.05, 0.1) is 5.51 Å². The van der Waals surface area contributed by atoms with Crippen LogP contribution in [0.5, 0.6) is 0 Å². The van der Waals surface area contributed by atoms with Crippen molar-refractivity contribution in [2.75, 3.05) is 31.1 Å². The van der Waals surface area contributed by atoms with Crippen LogP contribution in [0.2, 0.25) is 0 Å². The maximum atomic E-state index is 4.36. The maximum absolute atomic E-state index is 4.36. The smallest absolute Gasteiger partial charge is 0.175 e. The van der Waals surface area contributed by atoms with E-state index in [4.69, 9.17) is 0 Å². The molecular formula is C9H11N5S. The molecule has 3 rings (SSSR count). The normalized spacial score (nSPS) is 17.2. The molecule has 1 aliphatic rings. The lowest BCUT2D eigenvalue weighted by Gasteiger charge is -2.28. The largest absolute Gasteiger partial charge is 0.353 e. The fourth-order valence-corrected chi connectivity index (χ4v) is 2.54. The number of hydrogen-bond donors (Lipinski definition) is 1. The molecule has 1 saturated heterocycles. The Morgan fingerprint density at radius 3 is 2.93 bits per heavy atom. The fourth-order valence-electron chi connectivity index (χ4n) is 1.78. The Balaban J connectivity index is 2.05. The lowest BCUT2D eigenvalue weighted by atomic mass is 10.3. The number of nitrogens with zero attached hydrogens (tertiary/aromatic N) is 4. The van der Waals surface area contributed by atoms with E-state index in [0.29, 0.717) is 0 Å². The monoisotopic (exact) mass is 221 g/mol. The molecular weight excluding hydrogens is 210 g/mol. The second kappa shape index (κ2) is 3.71. The number of aromatic nitrogens is 3. The minimum absolute atomic E-state index is 0.809. The first kappa shape index (κ1) is 8.99. The summed E-state index contributed by atoms with van der Waals surface area (Å²) in [6, 6.07) is 0. The number of rotatable bonds is 1. The Morgan fingerprint density at radius 1 is 1.20 bits per heavy atom. The molecule has 1 N–H and O–H groups in total. The van der Waals surface area contributed by atoms with Gasteiger partial charge in [-0.05, 0) is 0 Å². The molecule has 0 unspecified atom stereocenters. The predicted molar refractivity (Wildman–Crippen MR) is 60.3 cm³/mol. The van der Waals surface area contributed by atoms with Crippen molar-refractivity contribution in [3.05, 3.63) is 11.8 Å². The third-order valence-electron chi connectivity index (χ3n) is 2.53. The highest BCUT2D eigenvalue weighted by atomic mass is 32.1. The van der Waals surface area contributed by atoms with Gasteiger partial charge in [-0.25, -0.2) is 15.0 Å². The topological polar surface area (TPSA) is 53.9 Å². The fraction of sp³-hybridized carbons (Fsp3) is 0.444. The van der Waals surface area contributed by atoms with Gasteiger partial charge in [0.1, 0.15) is 11.0 Å². The SMILES string of the molecule is c1nc(N2CCNCC2)c2scnc2n1. The molecule has 2 aromatic rings. The van der Waals surface area contributed by atoms with Gasteiger partial charge in [-0.3, -0.25) is 0 Å². The molecule has 1 fully saturated rings. The molecule has 15 heavy (non-hydrogen) atoms. The summed E-state index contributed by atoms with van der Waals surface area (Å²) in [5, 5.41) is 3.33. The lowest BCUT2D eigenvalue weighted by molar-refractivity contribution is 0.586. The molecule has 78 valence electrons. The van der Waals surface area contributed by atoms with Crippen molar-refractivity contribution in [2.24, 2.45) is 0 Å². The van der Waals surface area contributed by atoms with Gasteiger partial charge >= 0.3 is 0 Å². The summed E-state index contributed by atoms with van der Waals surface area (Å²) in [4.78, 5) is 15.0. The first-order valence-electron chi connectivity index (χ1n) is 4.95. The van der Waals surface area contributed by atoms with Crippen molar-refractivity contribution in [3.8, 4) is 0 Å². The van der Waals surface area contributed by atoms with E-state index in [0.717, 1.165) is 42.3 Å². The van der Waals surface area contributed by atoms with Crippen molar-refractivity contribution in [1.82, 2.24) is 20.3 Å². The van der Waals surface area contributed by atoms with E-state index < -0.39 is 0 Å². The van der Waals surface area contributed by atoms with E-state index in [1.54, 1.807) is 17.7 Å². The first-order chi connectivity index (χ1) is 7.45. The second-order valence-corrected chi connectivity index (χ2v) is 4.29. The van der Waals surface area contributed by atoms with Crippen LogP contribution in [-0.2, 0) is 0 Å². The number of nitrogens with one attached hydrogen (secondary N) is 1. The molecule has 0 atom stereocenters. The van der Waals surface area contributed by atoms with Crippen LogP contribution in [0.3, 0.4) is 0 Å². The van der Waals surface area contributed by atoms with Crippen LogP contribution in [-0.4, -0.2) is 41.1 Å². The Bertz CT molecular complexity index is 462. The van der Waals surface area contributed by atoms with Crippen molar-refractivity contribution >= 4 is 27.5 Å². The minimum Gasteiger partial charge on any atom is -0.353 e. The van der Waals surface area contributed by atoms with Crippen LogP contribution in [0.4, 0.5) is 5.82 Å². The first-order valence-corrected chi connectivity index (χ1v) is 5.83. The summed E-state index contributed by atoms with van der Waals surface area (Å²) in [6.07, 6.45) is 1.60. The highest BCUT2D eigenvalue weighted by molar-refractivity contribution is 7.17. The van der Waals surface area contributed by atoms with Crippen LogP contribution >= 0.6 is 11.3 Å². The maximum Gasteiger partial charge on any atom is 0.175 e. The molecule has 1 aliphatic heterocycles. The summed E-state index contributed by atoms with van der Waals surface area (Å²) in [5.41, 5.74) is 2.63. The van der Waals surface area contributed by atoms with Gasteiger partial charge in [0.25, 0.3) is 0 Å². The average Bonchev–Trinajstić information content (AvgIpc) is 2.78. The number of piperazine rings is 1. The Morgan fingerprint density at radius 2 is 2.07 bits per heavy atom. The van der Waals surface area contributed by atoms with Gasteiger partial charge in [0.15, 0.2) is 11.5 Å². The van der Waals surface area contributed by atoms with Crippen LogP contribution in [0.15, 0.2) is 11.8 Å². The standard InChI is InChI=1S/C9H11N5S/c1-3-14(4-2-10-1)9-7-8(11-5-12-9)13-6-15-7/h5-6,10H,1-4H2. The molecule has 0 bridgehead atoms. The van der Waals surface area contributed by atoms with Crippen molar-refractivity contribution < 1.29 is 0 Å². The van der Waals surface area contributed by atoms with Gasteiger partial charge in [-0.2, -0.15) is 0 Å². The summed E-state index contributed by atoms with van der Waals surface area (Å²) in [5.74, 6) is 1.03. The van der Waals surface area contributed by atoms with Crippen molar-refractivity contribution in [1.29, 1.82) is 0 Å². The van der Waals surface area contributed by atoms with Crippen molar-refractivity contribution in [3.63, 3.8) is 0 Å². The second-order valence-electron chi connectivity index (χ2n) is 3.44. The van der Waals surface area contributed by atoms with E-state index in [2.05, 4.69) is 25.2 Å². The van der Waals surface area contributed by atoms with Gasteiger partial charge in [0.2, 0.25) is 0 Å². The van der Waals surface area contributed by atoms with E-state index >= 15 is 0 Å². The third kappa shape index (κ3) is 1.55. The van der Waals surface area contributed by atoms with E-state index in [1.807, 2.05) is 5.51 Å². The summed E-state index contributed by atoms with van der Waals surface area (Å²) in [6.45, 7) is 4.04. The molecule has 0 radical (unpaired) electrons. The molecule has 0 spiro atoms. The molecule has 0 saturated carbocycles. The van der Waals surface area contributed by atoms with Crippen LogP contribution in [0.1, 0.15) is 0 Å². The Hall–Kier alpha value is -1.27.